The summed E-state index contributed by atoms with van der Waals surface area (Å²) in [6.45, 7) is 0. The number of thioether (sulfide) groups is 1. The number of thiazole rings is 1. The number of benzene rings is 3. The molecule has 3 N–H and O–H groups in total. The molecule has 0 aliphatic rings. The van der Waals surface area contributed by atoms with E-state index in [1.54, 1.807) is 60.7 Å². The summed E-state index contributed by atoms with van der Waals surface area (Å²) in [5, 5.41) is 10.7. The van der Waals surface area contributed by atoms with Crippen LogP contribution in [0, 0.1) is 0 Å². The number of amides is 3. The lowest BCUT2D eigenvalue weighted by Gasteiger charge is -2.12. The third-order valence-electron chi connectivity index (χ3n) is 5.71. The summed E-state index contributed by atoms with van der Waals surface area (Å²) in [6, 6.07) is 26.9. The van der Waals surface area contributed by atoms with Crippen molar-refractivity contribution in [2.45, 2.75) is 4.90 Å². The number of nitrogens with zero attached hydrogens (tertiary/aromatic N) is 1. The van der Waals surface area contributed by atoms with Crippen LogP contribution in [0.1, 0.15) is 16.1 Å². The molecule has 210 valence electrons. The van der Waals surface area contributed by atoms with E-state index >= 15 is 0 Å². The van der Waals surface area contributed by atoms with E-state index in [1.807, 2.05) is 35.7 Å². The second-order valence-electron chi connectivity index (χ2n) is 8.76. The molecule has 2 heterocycles. The Morgan fingerprint density at radius 2 is 1.74 bits per heavy atom. The summed E-state index contributed by atoms with van der Waals surface area (Å²) in [4.78, 5) is 43.8. The Morgan fingerprint density at radius 1 is 0.929 bits per heavy atom. The molecular formula is C31H23BrN4O4S2. The third-order valence-corrected chi connectivity index (χ3v) is 7.99. The number of hydrogen-bond acceptors (Lipinski definition) is 7. The van der Waals surface area contributed by atoms with Crippen molar-refractivity contribution >= 4 is 73.6 Å². The molecule has 0 saturated heterocycles. The number of carbonyl (C=O) groups is 3. The lowest BCUT2D eigenvalue weighted by molar-refractivity contribution is -0.114. The molecule has 8 nitrogen and oxygen atoms in total. The van der Waals surface area contributed by atoms with Crippen LogP contribution in [0.5, 0.6) is 0 Å². The predicted molar refractivity (Wildman–Crippen MR) is 170 cm³/mol. The molecule has 3 amide bonds. The van der Waals surface area contributed by atoms with Gasteiger partial charge in [0.2, 0.25) is 5.91 Å². The van der Waals surface area contributed by atoms with Gasteiger partial charge < -0.3 is 20.4 Å². The first-order chi connectivity index (χ1) is 20.4. The molecule has 3 aromatic carbocycles. The van der Waals surface area contributed by atoms with Crippen molar-refractivity contribution in [1.82, 2.24) is 10.3 Å². The Labute approximate surface area is 258 Å². The van der Waals surface area contributed by atoms with Gasteiger partial charge in [-0.05, 0) is 54.6 Å². The average molecular weight is 660 g/mol. The zero-order valence-electron chi connectivity index (χ0n) is 21.9. The molecular weight excluding hydrogens is 636 g/mol. The van der Waals surface area contributed by atoms with Gasteiger partial charge in [0, 0.05) is 37.6 Å². The maximum atomic E-state index is 13.2. The second kappa shape index (κ2) is 13.9. The molecule has 0 aliphatic heterocycles. The summed E-state index contributed by atoms with van der Waals surface area (Å²) in [7, 11) is 0. The van der Waals surface area contributed by atoms with Crippen molar-refractivity contribution in [2.24, 2.45) is 0 Å². The van der Waals surface area contributed by atoms with Gasteiger partial charge >= 0.3 is 0 Å². The smallest absolute Gasteiger partial charge is 0.272 e. The predicted octanol–water partition coefficient (Wildman–Crippen LogP) is 7.31. The quantitative estimate of drug-likeness (QED) is 0.107. The van der Waals surface area contributed by atoms with Gasteiger partial charge in [0.25, 0.3) is 11.8 Å². The number of rotatable bonds is 10. The molecule has 42 heavy (non-hydrogen) atoms. The average Bonchev–Trinajstić information content (AvgIpc) is 3.69. The zero-order valence-corrected chi connectivity index (χ0v) is 25.1. The van der Waals surface area contributed by atoms with Crippen molar-refractivity contribution in [2.75, 3.05) is 16.4 Å². The van der Waals surface area contributed by atoms with E-state index in [1.165, 1.54) is 35.4 Å². The monoisotopic (exact) mass is 658 g/mol. The minimum Gasteiger partial charge on any atom is -0.465 e. The fourth-order valence-electron chi connectivity index (χ4n) is 3.71. The summed E-state index contributed by atoms with van der Waals surface area (Å²) in [5.41, 5.74) is 2.69. The van der Waals surface area contributed by atoms with Gasteiger partial charge in [-0.25, -0.2) is 4.98 Å². The maximum absolute atomic E-state index is 13.2. The molecule has 0 unspecified atom stereocenters. The highest BCUT2D eigenvalue weighted by Gasteiger charge is 2.16. The van der Waals surface area contributed by atoms with Gasteiger partial charge in [-0.1, -0.05) is 52.3 Å². The number of hydrogen-bond donors (Lipinski definition) is 3. The van der Waals surface area contributed by atoms with Gasteiger partial charge in [-0.2, -0.15) is 0 Å². The molecule has 5 aromatic rings. The van der Waals surface area contributed by atoms with Crippen LogP contribution in [-0.4, -0.2) is 28.5 Å². The summed E-state index contributed by atoms with van der Waals surface area (Å²) in [5.74, 6) is -0.586. The van der Waals surface area contributed by atoms with Gasteiger partial charge in [-0.15, -0.1) is 23.1 Å². The van der Waals surface area contributed by atoms with Crippen LogP contribution in [0.4, 0.5) is 10.8 Å². The number of aromatic nitrogens is 1. The number of halogens is 1. The van der Waals surface area contributed by atoms with E-state index in [2.05, 4.69) is 36.9 Å². The van der Waals surface area contributed by atoms with E-state index in [-0.39, 0.29) is 17.4 Å². The Balaban J connectivity index is 1.19. The Bertz CT molecular complexity index is 1720. The minimum atomic E-state index is -0.527. The van der Waals surface area contributed by atoms with Gasteiger partial charge in [0.15, 0.2) is 5.13 Å². The second-order valence-corrected chi connectivity index (χ2v) is 11.6. The fourth-order valence-corrected chi connectivity index (χ4v) is 5.46. The highest BCUT2D eigenvalue weighted by molar-refractivity contribution is 9.10. The van der Waals surface area contributed by atoms with Crippen molar-refractivity contribution in [3.8, 4) is 11.3 Å². The number of nitrogens with one attached hydrogen (secondary N) is 3. The van der Waals surface area contributed by atoms with Crippen LogP contribution < -0.4 is 16.0 Å². The van der Waals surface area contributed by atoms with Gasteiger partial charge in [-0.3, -0.25) is 14.4 Å². The molecule has 0 fully saturated rings. The van der Waals surface area contributed by atoms with E-state index in [4.69, 9.17) is 4.42 Å². The SMILES string of the molecule is O=C(CSc1cccc(NC(=O)/C(=C/c2ccco2)NC(=O)c2ccccc2)c1)Nc1nc(-c2ccc(Br)cc2)cs1. The number of anilines is 2. The summed E-state index contributed by atoms with van der Waals surface area (Å²) in [6.07, 6.45) is 2.94. The van der Waals surface area contributed by atoms with Crippen LogP contribution in [0.15, 0.2) is 122 Å². The summed E-state index contributed by atoms with van der Waals surface area (Å²) < 4.78 is 6.32. The van der Waals surface area contributed by atoms with Crippen LogP contribution >= 0.6 is 39.0 Å². The molecule has 0 atom stereocenters. The topological polar surface area (TPSA) is 113 Å². The van der Waals surface area contributed by atoms with Crippen molar-refractivity contribution in [3.05, 3.63) is 124 Å². The zero-order chi connectivity index (χ0) is 29.3. The van der Waals surface area contributed by atoms with Gasteiger partial charge in [0.05, 0.1) is 17.7 Å². The highest BCUT2D eigenvalue weighted by atomic mass is 79.9. The van der Waals surface area contributed by atoms with E-state index in [0.717, 1.165) is 20.6 Å². The molecule has 0 radical (unpaired) electrons. The van der Waals surface area contributed by atoms with Crippen molar-refractivity contribution in [3.63, 3.8) is 0 Å². The molecule has 2 aromatic heterocycles. The number of furan rings is 1. The highest BCUT2D eigenvalue weighted by Crippen LogP contribution is 2.27. The molecule has 0 bridgehead atoms. The first kappa shape index (κ1) is 29.1. The molecule has 11 heteroatoms. The van der Waals surface area contributed by atoms with Gasteiger partial charge in [0.1, 0.15) is 11.5 Å². The van der Waals surface area contributed by atoms with Crippen LogP contribution in [-0.2, 0) is 9.59 Å². The molecule has 0 spiro atoms. The third kappa shape index (κ3) is 8.06. The van der Waals surface area contributed by atoms with Crippen molar-refractivity contribution < 1.29 is 18.8 Å². The first-order valence-corrected chi connectivity index (χ1v) is 15.3. The van der Waals surface area contributed by atoms with Crippen molar-refractivity contribution in [1.29, 1.82) is 0 Å². The normalized spacial score (nSPS) is 11.1. The van der Waals surface area contributed by atoms with E-state index < -0.39 is 11.8 Å². The fraction of sp³-hybridized carbons (Fsp3) is 0.0323. The standard InChI is InChI=1S/C31H23BrN4O4S2/c32-22-13-11-20(12-14-22)27-18-42-31(35-27)36-28(37)19-41-25-10-4-8-23(16-25)33-30(39)26(17-24-9-5-15-40-24)34-29(38)21-6-2-1-3-7-21/h1-18H,19H2,(H,33,39)(H,34,38)(H,35,36,37)/b26-17-. The molecule has 0 aliphatic carbocycles. The van der Waals surface area contributed by atoms with E-state index in [9.17, 15) is 14.4 Å². The number of carbonyl (C=O) groups excluding carboxylic acids is 3. The first-order valence-electron chi connectivity index (χ1n) is 12.6. The lowest BCUT2D eigenvalue weighted by atomic mass is 10.2. The maximum Gasteiger partial charge on any atom is 0.272 e. The van der Waals surface area contributed by atoms with Crippen LogP contribution in [0.25, 0.3) is 17.3 Å². The molecule has 0 saturated carbocycles. The Hall–Kier alpha value is -4.45. The minimum absolute atomic E-state index is 0.0159. The molecule has 5 rings (SSSR count). The largest absolute Gasteiger partial charge is 0.465 e. The Morgan fingerprint density at radius 3 is 2.50 bits per heavy atom. The Kier molecular flexibility index (Phi) is 9.65. The summed E-state index contributed by atoms with van der Waals surface area (Å²) >= 11 is 6.11. The van der Waals surface area contributed by atoms with Crippen LogP contribution in [0.2, 0.25) is 0 Å². The lowest BCUT2D eigenvalue weighted by Crippen LogP contribution is -2.30. The van der Waals surface area contributed by atoms with E-state index in [0.29, 0.717) is 22.1 Å². The van der Waals surface area contributed by atoms with Crippen LogP contribution in [0.3, 0.4) is 0 Å².